The number of nitrogens with one attached hydrogen (secondary N) is 1. The van der Waals surface area contributed by atoms with Crippen molar-refractivity contribution in [2.45, 2.75) is 41.7 Å². The van der Waals surface area contributed by atoms with Crippen molar-refractivity contribution in [1.82, 2.24) is 15.0 Å². The van der Waals surface area contributed by atoms with Gasteiger partial charge in [0.05, 0.1) is 10.5 Å². The lowest BCUT2D eigenvalue weighted by Gasteiger charge is -2.31. The first-order chi connectivity index (χ1) is 18.6. The molecule has 1 aliphatic carbocycles. The number of carbonyl (C=O) groups excluding carboxylic acids is 1. The van der Waals surface area contributed by atoms with E-state index in [4.69, 9.17) is 16.1 Å². The SMILES string of the molecule is O=C(NCC1CCCC(n2c(=O)c3c(Sc4ccccc4)onc3c3c(Cl)cccc32)C1)c1ccccc1. The van der Waals surface area contributed by atoms with Crippen LogP contribution in [0.25, 0.3) is 21.8 Å². The maximum atomic E-state index is 14.1. The molecule has 0 bridgehead atoms. The van der Waals surface area contributed by atoms with E-state index in [9.17, 15) is 9.59 Å². The van der Waals surface area contributed by atoms with Crippen molar-refractivity contribution in [3.8, 4) is 0 Å². The Morgan fingerprint density at radius 3 is 2.55 bits per heavy atom. The van der Waals surface area contributed by atoms with Crippen LogP contribution in [0.1, 0.15) is 42.1 Å². The van der Waals surface area contributed by atoms with Crippen LogP contribution in [0.15, 0.2) is 98.2 Å². The van der Waals surface area contributed by atoms with Gasteiger partial charge >= 0.3 is 0 Å². The van der Waals surface area contributed by atoms with Crippen LogP contribution < -0.4 is 10.9 Å². The lowest BCUT2D eigenvalue weighted by atomic mass is 9.85. The molecule has 1 aliphatic rings. The van der Waals surface area contributed by atoms with Gasteiger partial charge in [0, 0.05) is 28.4 Å². The lowest BCUT2D eigenvalue weighted by Crippen LogP contribution is -2.34. The highest BCUT2D eigenvalue weighted by atomic mass is 35.5. The Morgan fingerprint density at radius 2 is 1.76 bits per heavy atom. The Labute approximate surface area is 229 Å². The van der Waals surface area contributed by atoms with Crippen LogP contribution in [0, 0.1) is 5.92 Å². The maximum absolute atomic E-state index is 14.1. The van der Waals surface area contributed by atoms with Gasteiger partial charge in [-0.3, -0.25) is 9.59 Å². The molecule has 2 aromatic heterocycles. The van der Waals surface area contributed by atoms with Crippen LogP contribution in [-0.2, 0) is 0 Å². The van der Waals surface area contributed by atoms with Crippen LogP contribution in [0.5, 0.6) is 0 Å². The number of pyridine rings is 1. The van der Waals surface area contributed by atoms with E-state index in [1.54, 1.807) is 0 Å². The molecule has 5 aromatic rings. The van der Waals surface area contributed by atoms with Crippen molar-refractivity contribution >= 4 is 51.1 Å². The monoisotopic (exact) mass is 543 g/mol. The number of hydrogen-bond donors (Lipinski definition) is 1. The summed E-state index contributed by atoms with van der Waals surface area (Å²) < 4.78 is 7.62. The number of amides is 1. The molecule has 2 unspecified atom stereocenters. The Bertz CT molecular complexity index is 1670. The van der Waals surface area contributed by atoms with E-state index >= 15 is 0 Å². The zero-order valence-corrected chi connectivity index (χ0v) is 22.2. The Morgan fingerprint density at radius 1 is 1.00 bits per heavy atom. The first-order valence-electron chi connectivity index (χ1n) is 12.8. The number of aromatic nitrogens is 2. The fraction of sp³-hybridized carbons (Fsp3) is 0.233. The van der Waals surface area contributed by atoms with Crippen LogP contribution in [0.2, 0.25) is 5.02 Å². The molecule has 2 atom stereocenters. The minimum atomic E-state index is -0.117. The average molecular weight is 544 g/mol. The van der Waals surface area contributed by atoms with Gasteiger partial charge in [-0.15, -0.1) is 0 Å². The number of rotatable bonds is 6. The van der Waals surface area contributed by atoms with Gasteiger partial charge in [0.2, 0.25) is 5.09 Å². The summed E-state index contributed by atoms with van der Waals surface area (Å²) in [5.41, 5.74) is 1.79. The van der Waals surface area contributed by atoms with Crippen LogP contribution >= 0.6 is 23.4 Å². The van der Waals surface area contributed by atoms with Gasteiger partial charge in [-0.25, -0.2) is 0 Å². The van der Waals surface area contributed by atoms with Gasteiger partial charge in [0.25, 0.3) is 11.5 Å². The highest BCUT2D eigenvalue weighted by Crippen LogP contribution is 2.39. The second-order valence-electron chi connectivity index (χ2n) is 9.68. The Hall–Kier alpha value is -3.55. The number of hydrogen-bond acceptors (Lipinski definition) is 5. The quantitative estimate of drug-likeness (QED) is 0.247. The standard InChI is InChI=1S/C30H26ClN3O3S/c31-23-15-8-16-24-25(23)27-26(30(37-33-27)38-22-13-5-2-6-14-22)29(36)34(24)21-12-7-9-19(17-21)18-32-28(35)20-10-3-1-4-11-20/h1-6,8,10-11,13-16,19,21H,7,9,12,17-18H2,(H,32,35). The van der Waals surface area contributed by atoms with E-state index in [1.165, 1.54) is 11.8 Å². The Balaban J connectivity index is 1.36. The number of halogens is 1. The number of nitrogens with zero attached hydrogens (tertiary/aromatic N) is 2. The van der Waals surface area contributed by atoms with Crippen molar-refractivity contribution < 1.29 is 9.32 Å². The van der Waals surface area contributed by atoms with Crippen molar-refractivity contribution in [3.63, 3.8) is 0 Å². The van der Waals surface area contributed by atoms with Crippen LogP contribution in [-0.4, -0.2) is 22.2 Å². The summed E-state index contributed by atoms with van der Waals surface area (Å²) in [6.07, 6.45) is 3.64. The molecular formula is C30H26ClN3O3S. The fourth-order valence-corrected chi connectivity index (χ4v) is 6.58. The third-order valence-electron chi connectivity index (χ3n) is 7.24. The zero-order chi connectivity index (χ0) is 26.1. The van der Waals surface area contributed by atoms with E-state index in [0.29, 0.717) is 33.1 Å². The van der Waals surface area contributed by atoms with Gasteiger partial charge in [0.1, 0.15) is 10.9 Å². The molecule has 3 aromatic carbocycles. The number of benzene rings is 3. The predicted octanol–water partition coefficient (Wildman–Crippen LogP) is 7.11. The summed E-state index contributed by atoms with van der Waals surface area (Å²) in [5.74, 6) is 0.189. The smallest absolute Gasteiger partial charge is 0.265 e. The van der Waals surface area contributed by atoms with Crippen molar-refractivity contribution in [1.29, 1.82) is 0 Å². The third kappa shape index (κ3) is 4.72. The summed E-state index contributed by atoms with van der Waals surface area (Å²) in [6, 6.07) is 24.6. The fourth-order valence-electron chi connectivity index (χ4n) is 5.45. The summed E-state index contributed by atoms with van der Waals surface area (Å²) in [6.45, 7) is 0.572. The largest absolute Gasteiger partial charge is 0.352 e. The van der Waals surface area contributed by atoms with Crippen LogP contribution in [0.3, 0.4) is 0 Å². The van der Waals surface area contributed by atoms with Crippen LogP contribution in [0.4, 0.5) is 0 Å². The van der Waals surface area contributed by atoms with Gasteiger partial charge in [-0.05, 0) is 73.3 Å². The molecule has 1 N–H and O–H groups in total. The molecule has 192 valence electrons. The second-order valence-corrected chi connectivity index (χ2v) is 11.1. The van der Waals surface area contributed by atoms with Gasteiger partial charge in [-0.2, -0.15) is 0 Å². The summed E-state index contributed by atoms with van der Waals surface area (Å²) in [7, 11) is 0. The summed E-state index contributed by atoms with van der Waals surface area (Å²) >= 11 is 8.07. The molecule has 0 radical (unpaired) electrons. The summed E-state index contributed by atoms with van der Waals surface area (Å²) in [4.78, 5) is 27.7. The first-order valence-corrected chi connectivity index (χ1v) is 14.0. The van der Waals surface area contributed by atoms with E-state index in [0.717, 1.165) is 41.5 Å². The minimum absolute atomic E-state index is 0.0234. The van der Waals surface area contributed by atoms with Crippen molar-refractivity contribution in [2.24, 2.45) is 5.92 Å². The molecule has 0 spiro atoms. The predicted molar refractivity (Wildman–Crippen MR) is 151 cm³/mol. The first kappa shape index (κ1) is 24.8. The molecule has 2 heterocycles. The summed E-state index contributed by atoms with van der Waals surface area (Å²) in [5, 5.41) is 9.58. The van der Waals surface area contributed by atoms with E-state index in [-0.39, 0.29) is 23.4 Å². The van der Waals surface area contributed by atoms with E-state index in [1.807, 2.05) is 83.4 Å². The van der Waals surface area contributed by atoms with E-state index < -0.39 is 0 Å². The Kier molecular flexibility index (Phi) is 6.96. The van der Waals surface area contributed by atoms with Crippen molar-refractivity contribution in [2.75, 3.05) is 6.54 Å². The zero-order valence-electron chi connectivity index (χ0n) is 20.6. The molecule has 38 heavy (non-hydrogen) atoms. The van der Waals surface area contributed by atoms with Gasteiger partial charge in [0.15, 0.2) is 0 Å². The van der Waals surface area contributed by atoms with Gasteiger partial charge < -0.3 is 14.4 Å². The minimum Gasteiger partial charge on any atom is -0.352 e. The number of fused-ring (bicyclic) bond motifs is 3. The van der Waals surface area contributed by atoms with Crippen molar-refractivity contribution in [3.05, 3.63) is 99.8 Å². The third-order valence-corrected chi connectivity index (χ3v) is 8.53. The highest BCUT2D eigenvalue weighted by Gasteiger charge is 2.29. The topological polar surface area (TPSA) is 77.1 Å². The normalized spacial score (nSPS) is 17.6. The maximum Gasteiger partial charge on any atom is 0.265 e. The molecule has 0 saturated heterocycles. The molecular weight excluding hydrogens is 518 g/mol. The molecule has 0 aliphatic heterocycles. The molecule has 8 heteroatoms. The molecule has 6 rings (SSSR count). The number of carbonyl (C=O) groups is 1. The second kappa shape index (κ2) is 10.7. The van der Waals surface area contributed by atoms with Gasteiger partial charge in [-0.1, -0.05) is 65.6 Å². The molecule has 1 amide bonds. The lowest BCUT2D eigenvalue weighted by molar-refractivity contribution is 0.0940. The molecule has 1 saturated carbocycles. The average Bonchev–Trinajstić information content (AvgIpc) is 3.37. The van der Waals surface area contributed by atoms with E-state index in [2.05, 4.69) is 10.5 Å². The highest BCUT2D eigenvalue weighted by molar-refractivity contribution is 7.99. The molecule has 6 nitrogen and oxygen atoms in total. The molecule has 1 fully saturated rings.